The van der Waals surface area contributed by atoms with Crippen LogP contribution >= 0.6 is 0 Å². The first-order valence-electron chi connectivity index (χ1n) is 8.74. The summed E-state index contributed by atoms with van der Waals surface area (Å²) >= 11 is 0. The van der Waals surface area contributed by atoms with Gasteiger partial charge in [0.1, 0.15) is 6.61 Å². The number of hydrogen-bond donors (Lipinski definition) is 1. The van der Waals surface area contributed by atoms with Gasteiger partial charge in [-0.15, -0.1) is 0 Å². The summed E-state index contributed by atoms with van der Waals surface area (Å²) in [5, 5.41) is 3.43. The van der Waals surface area contributed by atoms with Crippen molar-refractivity contribution in [3.05, 3.63) is 47.7 Å². The Kier molecular flexibility index (Phi) is 6.19. The number of nitrogens with one attached hydrogen (secondary N) is 1. The number of piperazine rings is 1. The molecule has 1 saturated heterocycles. The zero-order valence-corrected chi connectivity index (χ0v) is 14.6. The van der Waals surface area contributed by atoms with E-state index in [1.807, 2.05) is 0 Å². The van der Waals surface area contributed by atoms with Gasteiger partial charge in [-0.1, -0.05) is 18.2 Å². The fourth-order valence-corrected chi connectivity index (χ4v) is 3.08. The second-order valence-electron chi connectivity index (χ2n) is 6.27. The van der Waals surface area contributed by atoms with Gasteiger partial charge in [0.2, 0.25) is 5.88 Å². The van der Waals surface area contributed by atoms with Crippen LogP contribution in [0.1, 0.15) is 23.2 Å². The van der Waals surface area contributed by atoms with Crippen LogP contribution in [0.2, 0.25) is 0 Å². The van der Waals surface area contributed by atoms with Gasteiger partial charge in [-0.05, 0) is 24.5 Å². The van der Waals surface area contributed by atoms with Crippen LogP contribution in [-0.4, -0.2) is 61.8 Å². The summed E-state index contributed by atoms with van der Waals surface area (Å²) in [7, 11) is 1.36. The quantitative estimate of drug-likeness (QED) is 0.795. The number of rotatable bonds is 6. The van der Waals surface area contributed by atoms with Crippen LogP contribution in [0.3, 0.4) is 0 Å². The SMILES string of the molecule is COC(=O)c1ccc(OC[C@@H]2CNCCN2CC2=CCCC=C2)nc1. The van der Waals surface area contributed by atoms with Gasteiger partial charge in [0.25, 0.3) is 0 Å². The molecule has 0 saturated carbocycles. The minimum Gasteiger partial charge on any atom is -0.476 e. The molecule has 0 spiro atoms. The highest BCUT2D eigenvalue weighted by Gasteiger charge is 2.23. The van der Waals surface area contributed by atoms with Gasteiger partial charge in [0.15, 0.2) is 0 Å². The van der Waals surface area contributed by atoms with Gasteiger partial charge in [-0.25, -0.2) is 9.78 Å². The van der Waals surface area contributed by atoms with Gasteiger partial charge in [0, 0.05) is 38.4 Å². The fourth-order valence-electron chi connectivity index (χ4n) is 3.08. The summed E-state index contributed by atoms with van der Waals surface area (Å²) < 4.78 is 10.5. The predicted octanol–water partition coefficient (Wildman–Crippen LogP) is 1.80. The van der Waals surface area contributed by atoms with Crippen LogP contribution in [0.25, 0.3) is 0 Å². The summed E-state index contributed by atoms with van der Waals surface area (Å²) in [6.45, 7) is 4.43. The first-order valence-corrected chi connectivity index (χ1v) is 8.74. The average molecular weight is 343 g/mol. The molecule has 134 valence electrons. The molecule has 0 radical (unpaired) electrons. The zero-order valence-electron chi connectivity index (χ0n) is 14.6. The first kappa shape index (κ1) is 17.6. The maximum absolute atomic E-state index is 11.4. The Morgan fingerprint density at radius 1 is 1.40 bits per heavy atom. The van der Waals surface area contributed by atoms with E-state index in [0.717, 1.165) is 39.0 Å². The van der Waals surface area contributed by atoms with E-state index in [2.05, 4.69) is 38.2 Å². The summed E-state index contributed by atoms with van der Waals surface area (Å²) in [5.41, 5.74) is 1.81. The molecule has 2 aliphatic rings. The lowest BCUT2D eigenvalue weighted by atomic mass is 10.1. The normalized spacial score (nSPS) is 20.8. The molecule has 1 aliphatic carbocycles. The molecule has 0 aromatic carbocycles. The number of ether oxygens (including phenoxy) is 2. The molecule has 6 heteroatoms. The number of carbonyl (C=O) groups excluding carboxylic acids is 1. The van der Waals surface area contributed by atoms with Crippen molar-refractivity contribution in [2.24, 2.45) is 0 Å². The fraction of sp³-hybridized carbons (Fsp3) is 0.474. The van der Waals surface area contributed by atoms with Crippen molar-refractivity contribution >= 4 is 5.97 Å². The lowest BCUT2D eigenvalue weighted by Crippen LogP contribution is -2.54. The van der Waals surface area contributed by atoms with Gasteiger partial charge < -0.3 is 14.8 Å². The first-order chi connectivity index (χ1) is 12.3. The number of esters is 1. The number of allylic oxidation sites excluding steroid dienone is 2. The van der Waals surface area contributed by atoms with Crippen LogP contribution in [0, 0.1) is 0 Å². The molecule has 1 aromatic rings. The van der Waals surface area contributed by atoms with E-state index in [1.54, 1.807) is 12.1 Å². The van der Waals surface area contributed by atoms with Crippen molar-refractivity contribution in [2.45, 2.75) is 18.9 Å². The maximum atomic E-state index is 11.4. The number of aromatic nitrogens is 1. The Bertz CT molecular complexity index is 640. The highest BCUT2D eigenvalue weighted by atomic mass is 16.5. The van der Waals surface area contributed by atoms with Crippen molar-refractivity contribution in [1.29, 1.82) is 0 Å². The van der Waals surface area contributed by atoms with E-state index < -0.39 is 5.97 Å². The van der Waals surface area contributed by atoms with Gasteiger partial charge in [0.05, 0.1) is 18.7 Å². The molecule has 1 N–H and O–H groups in total. The lowest BCUT2D eigenvalue weighted by molar-refractivity contribution is 0.0600. The molecule has 0 amide bonds. The number of hydrogen-bond acceptors (Lipinski definition) is 6. The van der Waals surface area contributed by atoms with Crippen LogP contribution in [0.4, 0.5) is 0 Å². The highest BCUT2D eigenvalue weighted by molar-refractivity contribution is 5.88. The third kappa shape index (κ3) is 4.90. The second kappa shape index (κ2) is 8.78. The summed E-state index contributed by atoms with van der Waals surface area (Å²) in [5.74, 6) is 0.130. The third-order valence-electron chi connectivity index (χ3n) is 4.51. The molecule has 0 bridgehead atoms. The van der Waals surface area contributed by atoms with Crippen LogP contribution in [0.5, 0.6) is 5.88 Å². The predicted molar refractivity (Wildman–Crippen MR) is 95.8 cm³/mol. The van der Waals surface area contributed by atoms with E-state index >= 15 is 0 Å². The molecule has 6 nitrogen and oxygen atoms in total. The topological polar surface area (TPSA) is 63.7 Å². The van der Waals surface area contributed by atoms with Gasteiger partial charge in [-0.2, -0.15) is 0 Å². The smallest absolute Gasteiger partial charge is 0.339 e. The number of methoxy groups -OCH3 is 1. The number of nitrogens with zero attached hydrogens (tertiary/aromatic N) is 2. The third-order valence-corrected chi connectivity index (χ3v) is 4.51. The minimum atomic E-state index is -0.393. The van der Waals surface area contributed by atoms with E-state index in [0.29, 0.717) is 24.1 Å². The van der Waals surface area contributed by atoms with Crippen LogP contribution < -0.4 is 10.1 Å². The molecule has 0 unspecified atom stereocenters. The van der Waals surface area contributed by atoms with Gasteiger partial charge in [-0.3, -0.25) is 4.90 Å². The maximum Gasteiger partial charge on any atom is 0.339 e. The zero-order chi connectivity index (χ0) is 17.5. The van der Waals surface area contributed by atoms with Crippen LogP contribution in [-0.2, 0) is 4.74 Å². The number of carbonyl (C=O) groups is 1. The standard InChI is InChI=1S/C19H25N3O3/c1-24-19(23)16-7-8-18(21-11-16)25-14-17-12-20-9-10-22(17)13-15-5-3-2-4-6-15/h3,5-8,11,17,20H,2,4,9-10,12-14H2,1H3/t17-/m0/s1. The molecule has 1 aromatic heterocycles. The molecule has 3 rings (SSSR count). The van der Waals surface area contributed by atoms with E-state index in [1.165, 1.54) is 18.9 Å². The van der Waals surface area contributed by atoms with Crippen molar-refractivity contribution in [2.75, 3.05) is 39.9 Å². The Hall–Kier alpha value is -2.18. The molecule has 25 heavy (non-hydrogen) atoms. The van der Waals surface area contributed by atoms with E-state index in [-0.39, 0.29) is 0 Å². The molecule has 1 atom stereocenters. The Labute approximate surface area is 148 Å². The largest absolute Gasteiger partial charge is 0.476 e. The summed E-state index contributed by atoms with van der Waals surface area (Å²) in [4.78, 5) is 18.1. The Morgan fingerprint density at radius 2 is 2.32 bits per heavy atom. The van der Waals surface area contributed by atoms with Crippen molar-refractivity contribution < 1.29 is 14.3 Å². The lowest BCUT2D eigenvalue weighted by Gasteiger charge is -2.36. The van der Waals surface area contributed by atoms with Crippen molar-refractivity contribution in [1.82, 2.24) is 15.2 Å². The highest BCUT2D eigenvalue weighted by Crippen LogP contribution is 2.15. The van der Waals surface area contributed by atoms with Crippen molar-refractivity contribution in [3.63, 3.8) is 0 Å². The number of pyridine rings is 1. The average Bonchev–Trinajstić information content (AvgIpc) is 2.68. The molecule has 1 fully saturated rings. The molecule has 1 aliphatic heterocycles. The molecule has 2 heterocycles. The monoisotopic (exact) mass is 343 g/mol. The van der Waals surface area contributed by atoms with E-state index in [9.17, 15) is 4.79 Å². The summed E-state index contributed by atoms with van der Waals surface area (Å²) in [6, 6.07) is 3.68. The van der Waals surface area contributed by atoms with Crippen molar-refractivity contribution in [3.8, 4) is 5.88 Å². The Balaban J connectivity index is 1.55. The van der Waals surface area contributed by atoms with Crippen LogP contribution in [0.15, 0.2) is 42.1 Å². The molecular weight excluding hydrogens is 318 g/mol. The van der Waals surface area contributed by atoms with Gasteiger partial charge >= 0.3 is 5.97 Å². The molecular formula is C19H25N3O3. The summed E-state index contributed by atoms with van der Waals surface area (Å²) in [6.07, 6.45) is 10.6. The van der Waals surface area contributed by atoms with E-state index in [4.69, 9.17) is 4.74 Å². The minimum absolute atomic E-state index is 0.298. The Morgan fingerprint density at radius 3 is 3.04 bits per heavy atom. The second-order valence-corrected chi connectivity index (χ2v) is 6.27.